The van der Waals surface area contributed by atoms with E-state index >= 15 is 4.39 Å². The van der Waals surface area contributed by atoms with Crippen LogP contribution in [0.1, 0.15) is 0 Å². The molecule has 0 radical (unpaired) electrons. The summed E-state index contributed by atoms with van der Waals surface area (Å²) in [6.07, 6.45) is 0. The minimum atomic E-state index is -0.520. The quantitative estimate of drug-likeness (QED) is 0.633. The van der Waals surface area contributed by atoms with Crippen molar-refractivity contribution < 1.29 is 13.9 Å². The van der Waals surface area contributed by atoms with Gasteiger partial charge in [0, 0.05) is 10.7 Å². The maximum atomic E-state index is 15.0. The van der Waals surface area contributed by atoms with Gasteiger partial charge in [-0.2, -0.15) is 0 Å². The molecule has 0 saturated carbocycles. The summed E-state index contributed by atoms with van der Waals surface area (Å²) in [4.78, 5) is 0. The summed E-state index contributed by atoms with van der Waals surface area (Å²) in [5.74, 6) is 0.466. The first-order valence-electron chi connectivity index (χ1n) is 7.24. The van der Waals surface area contributed by atoms with Crippen molar-refractivity contribution in [2.45, 2.75) is 0 Å². The van der Waals surface area contributed by atoms with E-state index in [2.05, 4.69) is 0 Å². The maximum absolute atomic E-state index is 15.0. The number of benzene rings is 3. The Morgan fingerprint density at radius 2 is 1.67 bits per heavy atom. The van der Waals surface area contributed by atoms with Crippen LogP contribution in [0.3, 0.4) is 0 Å². The van der Waals surface area contributed by atoms with E-state index < -0.39 is 5.82 Å². The Labute approximate surface area is 144 Å². The molecule has 0 heterocycles. The predicted molar refractivity (Wildman–Crippen MR) is 94.3 cm³/mol. The van der Waals surface area contributed by atoms with Gasteiger partial charge in [-0.05, 0) is 54.1 Å². The molecule has 3 aromatic rings. The third-order valence-corrected chi connectivity index (χ3v) is 3.74. The van der Waals surface area contributed by atoms with E-state index in [1.54, 1.807) is 54.6 Å². The summed E-state index contributed by atoms with van der Waals surface area (Å²) in [6.45, 7) is 0. The molecule has 0 aliphatic rings. The molecule has 0 atom stereocenters. The third kappa shape index (κ3) is 3.29. The lowest BCUT2D eigenvalue weighted by molar-refractivity contribution is 0.405. The largest absolute Gasteiger partial charge is 0.496 e. The number of ether oxygens (including phenoxy) is 2. The van der Waals surface area contributed by atoms with Crippen LogP contribution in [0.2, 0.25) is 5.02 Å². The molecule has 0 unspecified atom stereocenters. The van der Waals surface area contributed by atoms with Gasteiger partial charge in [0.15, 0.2) is 11.6 Å². The summed E-state index contributed by atoms with van der Waals surface area (Å²) >= 11 is 6.02. The van der Waals surface area contributed by atoms with Crippen LogP contribution in [-0.4, -0.2) is 7.11 Å². The first-order chi connectivity index (χ1) is 11.6. The van der Waals surface area contributed by atoms with E-state index in [4.69, 9.17) is 26.8 Å². The fourth-order valence-corrected chi connectivity index (χ4v) is 2.55. The summed E-state index contributed by atoms with van der Waals surface area (Å²) in [7, 11) is 1.49. The predicted octanol–water partition coefficient (Wildman–Crippen LogP) is 5.53. The molecule has 0 bridgehead atoms. The normalized spacial score (nSPS) is 10.5. The molecular weight excluding hydrogens is 329 g/mol. The van der Waals surface area contributed by atoms with Crippen LogP contribution in [0, 0.1) is 5.82 Å². The smallest absolute Gasteiger partial charge is 0.177 e. The molecule has 3 nitrogen and oxygen atoms in total. The second kappa shape index (κ2) is 6.81. The molecule has 0 saturated heterocycles. The fourth-order valence-electron chi connectivity index (χ4n) is 2.36. The van der Waals surface area contributed by atoms with Crippen LogP contribution < -0.4 is 15.2 Å². The van der Waals surface area contributed by atoms with Crippen molar-refractivity contribution >= 4 is 17.3 Å². The SMILES string of the molecule is COc1ccc(Oc2ccc(N)cc2)c(F)c1-c1cccc(Cl)c1. The van der Waals surface area contributed by atoms with E-state index in [0.717, 1.165) is 0 Å². The summed E-state index contributed by atoms with van der Waals surface area (Å²) in [6, 6.07) is 16.8. The molecular formula is C19H15ClFNO2. The minimum absolute atomic E-state index is 0.0931. The van der Waals surface area contributed by atoms with Gasteiger partial charge in [0.2, 0.25) is 0 Å². The van der Waals surface area contributed by atoms with Crippen LogP contribution in [-0.2, 0) is 0 Å². The van der Waals surface area contributed by atoms with Crippen LogP contribution >= 0.6 is 11.6 Å². The number of nitrogens with two attached hydrogens (primary N) is 1. The van der Waals surface area contributed by atoms with Gasteiger partial charge >= 0.3 is 0 Å². The average Bonchev–Trinajstić information content (AvgIpc) is 2.58. The van der Waals surface area contributed by atoms with Crippen LogP contribution in [0.15, 0.2) is 60.7 Å². The lowest BCUT2D eigenvalue weighted by Gasteiger charge is -2.14. The highest BCUT2D eigenvalue weighted by Gasteiger charge is 2.18. The number of methoxy groups -OCH3 is 1. The molecule has 3 aromatic carbocycles. The molecule has 24 heavy (non-hydrogen) atoms. The molecule has 122 valence electrons. The Hall–Kier alpha value is -2.72. The zero-order valence-corrected chi connectivity index (χ0v) is 13.7. The van der Waals surface area contributed by atoms with Gasteiger partial charge in [-0.3, -0.25) is 0 Å². The zero-order valence-electron chi connectivity index (χ0n) is 12.9. The van der Waals surface area contributed by atoms with Gasteiger partial charge in [0.05, 0.1) is 12.7 Å². The summed E-state index contributed by atoms with van der Waals surface area (Å²) in [5, 5.41) is 0.513. The fraction of sp³-hybridized carbons (Fsp3) is 0.0526. The second-order valence-corrected chi connectivity index (χ2v) is 5.57. The van der Waals surface area contributed by atoms with Gasteiger partial charge in [-0.1, -0.05) is 23.7 Å². The summed E-state index contributed by atoms with van der Waals surface area (Å²) < 4.78 is 26.0. The standard InChI is InChI=1S/C19H15ClFNO2/c1-23-16-9-10-17(24-15-7-5-14(22)6-8-15)19(21)18(16)12-3-2-4-13(20)11-12/h2-11H,22H2,1H3. The van der Waals surface area contributed by atoms with E-state index in [0.29, 0.717) is 33.3 Å². The van der Waals surface area contributed by atoms with Crippen molar-refractivity contribution in [3.63, 3.8) is 0 Å². The molecule has 0 amide bonds. The molecule has 0 aliphatic heterocycles. The number of anilines is 1. The molecule has 5 heteroatoms. The number of hydrogen-bond acceptors (Lipinski definition) is 3. The lowest BCUT2D eigenvalue weighted by Crippen LogP contribution is -1.96. The van der Waals surface area contributed by atoms with Crippen molar-refractivity contribution in [3.05, 3.63) is 71.5 Å². The number of hydrogen-bond donors (Lipinski definition) is 1. The first-order valence-corrected chi connectivity index (χ1v) is 7.62. The number of halogens is 2. The van der Waals surface area contributed by atoms with Crippen LogP contribution in [0.4, 0.5) is 10.1 Å². The van der Waals surface area contributed by atoms with E-state index in [1.807, 2.05) is 0 Å². The third-order valence-electron chi connectivity index (χ3n) is 3.51. The van der Waals surface area contributed by atoms with Crippen LogP contribution in [0.25, 0.3) is 11.1 Å². The Balaban J connectivity index is 2.06. The summed E-state index contributed by atoms with van der Waals surface area (Å²) in [5.41, 5.74) is 7.16. The Kier molecular flexibility index (Phi) is 4.58. The molecule has 0 fully saturated rings. The highest BCUT2D eigenvalue weighted by Crippen LogP contribution is 2.39. The molecule has 0 spiro atoms. The second-order valence-electron chi connectivity index (χ2n) is 5.14. The minimum Gasteiger partial charge on any atom is -0.496 e. The topological polar surface area (TPSA) is 44.5 Å². The van der Waals surface area contributed by atoms with E-state index in [1.165, 1.54) is 13.2 Å². The Morgan fingerprint density at radius 3 is 2.33 bits per heavy atom. The van der Waals surface area contributed by atoms with E-state index in [-0.39, 0.29) is 5.75 Å². The van der Waals surface area contributed by atoms with Crippen LogP contribution in [0.5, 0.6) is 17.2 Å². The first kappa shape index (κ1) is 16.1. The van der Waals surface area contributed by atoms with Gasteiger partial charge in [0.1, 0.15) is 11.5 Å². The highest BCUT2D eigenvalue weighted by molar-refractivity contribution is 6.30. The number of rotatable bonds is 4. The lowest BCUT2D eigenvalue weighted by atomic mass is 10.0. The molecule has 3 rings (SSSR count). The average molecular weight is 344 g/mol. The number of nitrogen functional groups attached to an aromatic ring is 1. The van der Waals surface area contributed by atoms with Gasteiger partial charge in [-0.15, -0.1) is 0 Å². The Morgan fingerprint density at radius 1 is 0.958 bits per heavy atom. The zero-order chi connectivity index (χ0) is 17.1. The molecule has 2 N–H and O–H groups in total. The van der Waals surface area contributed by atoms with Crippen molar-refractivity contribution in [2.75, 3.05) is 12.8 Å². The van der Waals surface area contributed by atoms with Crippen molar-refractivity contribution in [2.24, 2.45) is 0 Å². The van der Waals surface area contributed by atoms with Crippen molar-refractivity contribution in [1.29, 1.82) is 0 Å². The van der Waals surface area contributed by atoms with Crippen molar-refractivity contribution in [1.82, 2.24) is 0 Å². The monoisotopic (exact) mass is 343 g/mol. The van der Waals surface area contributed by atoms with Crippen molar-refractivity contribution in [3.8, 4) is 28.4 Å². The Bertz CT molecular complexity index is 866. The highest BCUT2D eigenvalue weighted by atomic mass is 35.5. The molecule has 0 aromatic heterocycles. The maximum Gasteiger partial charge on any atom is 0.177 e. The van der Waals surface area contributed by atoms with E-state index in [9.17, 15) is 0 Å². The molecule has 0 aliphatic carbocycles. The van der Waals surface area contributed by atoms with Gasteiger partial charge < -0.3 is 15.2 Å². The van der Waals surface area contributed by atoms with Gasteiger partial charge in [-0.25, -0.2) is 4.39 Å². The van der Waals surface area contributed by atoms with Gasteiger partial charge in [0.25, 0.3) is 0 Å².